The molecular weight excluding hydrogens is 271 g/mol. The van der Waals surface area contributed by atoms with Gasteiger partial charge in [0.2, 0.25) is 0 Å². The first-order valence-electron chi connectivity index (χ1n) is 4.08. The Bertz CT molecular complexity index is 183. The van der Waals surface area contributed by atoms with Crippen molar-refractivity contribution in [1.29, 1.82) is 0 Å². The lowest BCUT2D eigenvalue weighted by atomic mass is 10.0. The third-order valence-corrected chi connectivity index (χ3v) is 2.61. The van der Waals surface area contributed by atoms with Crippen molar-refractivity contribution in [2.75, 3.05) is 11.0 Å². The lowest BCUT2D eigenvalue weighted by molar-refractivity contribution is -0.149. The number of halogens is 1. The minimum absolute atomic E-state index is 0.0336. The minimum Gasteiger partial charge on any atom is -0.464 e. The van der Waals surface area contributed by atoms with E-state index in [1.807, 2.05) is 13.8 Å². The molecule has 0 aliphatic carbocycles. The highest BCUT2D eigenvalue weighted by Gasteiger charge is 2.60. The van der Waals surface area contributed by atoms with E-state index in [1.54, 1.807) is 0 Å². The van der Waals surface area contributed by atoms with E-state index in [-0.39, 0.29) is 12.1 Å². The summed E-state index contributed by atoms with van der Waals surface area (Å²) in [7, 11) is 0. The summed E-state index contributed by atoms with van der Waals surface area (Å²) in [6.45, 7) is 4.14. The Morgan fingerprint density at radius 1 is 1.75 bits per heavy atom. The second-order valence-electron chi connectivity index (χ2n) is 2.81. The number of ether oxygens (including phenoxy) is 2. The molecule has 1 aliphatic rings. The SMILES string of the molecule is CCOC(=O)C1(CCI)OC1C. The summed E-state index contributed by atoms with van der Waals surface area (Å²) >= 11 is 2.24. The topological polar surface area (TPSA) is 38.8 Å². The number of epoxide rings is 1. The van der Waals surface area contributed by atoms with Crippen LogP contribution < -0.4 is 0 Å². The van der Waals surface area contributed by atoms with Crippen LogP contribution in [0, 0.1) is 0 Å². The first-order chi connectivity index (χ1) is 5.67. The molecule has 1 aliphatic heterocycles. The Morgan fingerprint density at radius 2 is 2.33 bits per heavy atom. The van der Waals surface area contributed by atoms with Crippen molar-refractivity contribution in [2.24, 2.45) is 0 Å². The van der Waals surface area contributed by atoms with Crippen molar-refractivity contribution < 1.29 is 14.3 Å². The molecule has 0 radical (unpaired) electrons. The van der Waals surface area contributed by atoms with E-state index in [4.69, 9.17) is 9.47 Å². The maximum atomic E-state index is 11.4. The molecular formula is C8H13IO3. The quantitative estimate of drug-likeness (QED) is 0.340. The van der Waals surface area contributed by atoms with Gasteiger partial charge in [0.1, 0.15) is 0 Å². The number of rotatable bonds is 4. The van der Waals surface area contributed by atoms with Crippen LogP contribution in [0.25, 0.3) is 0 Å². The average molecular weight is 284 g/mol. The molecule has 0 spiro atoms. The number of alkyl halides is 1. The van der Waals surface area contributed by atoms with Gasteiger partial charge in [0.25, 0.3) is 0 Å². The van der Waals surface area contributed by atoms with Crippen molar-refractivity contribution in [3.05, 3.63) is 0 Å². The zero-order valence-corrected chi connectivity index (χ0v) is 9.46. The van der Waals surface area contributed by atoms with Gasteiger partial charge in [-0.2, -0.15) is 0 Å². The Kier molecular flexibility index (Phi) is 3.34. The van der Waals surface area contributed by atoms with Crippen LogP contribution in [0.3, 0.4) is 0 Å². The van der Waals surface area contributed by atoms with E-state index >= 15 is 0 Å². The van der Waals surface area contributed by atoms with E-state index in [2.05, 4.69) is 22.6 Å². The van der Waals surface area contributed by atoms with Gasteiger partial charge in [0, 0.05) is 4.43 Å². The van der Waals surface area contributed by atoms with Crippen molar-refractivity contribution in [3.63, 3.8) is 0 Å². The highest BCUT2D eigenvalue weighted by molar-refractivity contribution is 14.1. The molecule has 0 aromatic carbocycles. The first kappa shape index (κ1) is 10.2. The molecule has 70 valence electrons. The molecule has 1 fully saturated rings. The van der Waals surface area contributed by atoms with Crippen LogP contribution in [-0.4, -0.2) is 28.7 Å². The molecule has 4 heteroatoms. The number of hydrogen-bond acceptors (Lipinski definition) is 3. The Morgan fingerprint density at radius 3 is 2.67 bits per heavy atom. The Hall–Kier alpha value is 0.160. The third kappa shape index (κ3) is 1.74. The fourth-order valence-electron chi connectivity index (χ4n) is 1.25. The molecule has 0 N–H and O–H groups in total. The molecule has 2 unspecified atom stereocenters. The smallest absolute Gasteiger partial charge is 0.341 e. The molecule has 0 bridgehead atoms. The van der Waals surface area contributed by atoms with Gasteiger partial charge in [0.15, 0.2) is 5.60 Å². The second-order valence-corrected chi connectivity index (χ2v) is 3.89. The zero-order chi connectivity index (χ0) is 9.19. The number of carbonyl (C=O) groups excluding carboxylic acids is 1. The molecule has 1 rings (SSSR count). The van der Waals surface area contributed by atoms with E-state index in [1.165, 1.54) is 0 Å². The molecule has 3 nitrogen and oxygen atoms in total. The van der Waals surface area contributed by atoms with Crippen molar-refractivity contribution >= 4 is 28.6 Å². The lowest BCUT2D eigenvalue weighted by Gasteiger charge is -2.08. The van der Waals surface area contributed by atoms with Gasteiger partial charge in [-0.05, 0) is 20.3 Å². The van der Waals surface area contributed by atoms with Crippen LogP contribution >= 0.6 is 22.6 Å². The van der Waals surface area contributed by atoms with Crippen molar-refractivity contribution in [1.82, 2.24) is 0 Å². The van der Waals surface area contributed by atoms with E-state index in [0.29, 0.717) is 6.61 Å². The maximum absolute atomic E-state index is 11.4. The van der Waals surface area contributed by atoms with Gasteiger partial charge in [-0.3, -0.25) is 0 Å². The summed E-state index contributed by atoms with van der Waals surface area (Å²) < 4.78 is 11.1. The molecule has 1 heterocycles. The number of carbonyl (C=O) groups is 1. The Balaban J connectivity index is 2.51. The van der Waals surface area contributed by atoms with Crippen LogP contribution in [0.2, 0.25) is 0 Å². The minimum atomic E-state index is -0.600. The summed E-state index contributed by atoms with van der Waals surface area (Å²) in [5.74, 6) is -0.200. The van der Waals surface area contributed by atoms with Crippen molar-refractivity contribution in [3.8, 4) is 0 Å². The predicted molar refractivity (Wildman–Crippen MR) is 53.4 cm³/mol. The maximum Gasteiger partial charge on any atom is 0.341 e. The summed E-state index contributed by atoms with van der Waals surface area (Å²) in [4.78, 5) is 11.4. The summed E-state index contributed by atoms with van der Waals surface area (Å²) in [5.41, 5.74) is -0.600. The molecule has 1 saturated heterocycles. The molecule has 0 aromatic rings. The molecule has 0 amide bonds. The van der Waals surface area contributed by atoms with E-state index in [0.717, 1.165) is 10.8 Å². The standard InChI is InChI=1S/C8H13IO3/c1-3-11-7(10)8(4-5-9)6(2)12-8/h6H,3-5H2,1-2H3. The predicted octanol–water partition coefficient (Wildman–Crippen LogP) is 1.53. The highest BCUT2D eigenvalue weighted by atomic mass is 127. The van der Waals surface area contributed by atoms with Gasteiger partial charge < -0.3 is 9.47 Å². The van der Waals surface area contributed by atoms with Crippen LogP contribution in [0.15, 0.2) is 0 Å². The van der Waals surface area contributed by atoms with Gasteiger partial charge >= 0.3 is 5.97 Å². The fraction of sp³-hybridized carbons (Fsp3) is 0.875. The zero-order valence-electron chi connectivity index (χ0n) is 7.30. The van der Waals surface area contributed by atoms with Crippen LogP contribution in [0.5, 0.6) is 0 Å². The largest absolute Gasteiger partial charge is 0.464 e. The number of hydrogen-bond donors (Lipinski definition) is 0. The average Bonchev–Trinajstić information content (AvgIpc) is 2.64. The molecule has 0 saturated carbocycles. The van der Waals surface area contributed by atoms with Gasteiger partial charge in [-0.1, -0.05) is 22.6 Å². The van der Waals surface area contributed by atoms with Gasteiger partial charge in [0.05, 0.1) is 12.7 Å². The van der Waals surface area contributed by atoms with Gasteiger partial charge in [-0.15, -0.1) is 0 Å². The Labute approximate surface area is 85.9 Å². The number of esters is 1. The van der Waals surface area contributed by atoms with Crippen LogP contribution in [-0.2, 0) is 14.3 Å². The van der Waals surface area contributed by atoms with Crippen molar-refractivity contribution in [2.45, 2.75) is 32.0 Å². The summed E-state index contributed by atoms with van der Waals surface area (Å²) in [6, 6.07) is 0. The van der Waals surface area contributed by atoms with Crippen LogP contribution in [0.1, 0.15) is 20.3 Å². The van der Waals surface area contributed by atoms with Gasteiger partial charge in [-0.25, -0.2) is 4.79 Å². The molecule has 0 aromatic heterocycles. The third-order valence-electron chi connectivity index (χ3n) is 2.07. The molecule has 12 heavy (non-hydrogen) atoms. The van der Waals surface area contributed by atoms with E-state index in [9.17, 15) is 4.79 Å². The summed E-state index contributed by atoms with van der Waals surface area (Å²) in [6.07, 6.45) is 0.791. The summed E-state index contributed by atoms with van der Waals surface area (Å²) in [5, 5.41) is 0. The normalized spacial score (nSPS) is 33.1. The van der Waals surface area contributed by atoms with Crippen LogP contribution in [0.4, 0.5) is 0 Å². The van der Waals surface area contributed by atoms with E-state index < -0.39 is 5.60 Å². The fourth-order valence-corrected chi connectivity index (χ4v) is 2.05. The lowest BCUT2D eigenvalue weighted by Crippen LogP contribution is -2.29. The monoisotopic (exact) mass is 284 g/mol. The molecule has 2 atom stereocenters. The highest BCUT2D eigenvalue weighted by Crippen LogP contribution is 2.41. The first-order valence-corrected chi connectivity index (χ1v) is 5.61. The second kappa shape index (κ2) is 3.91.